The van der Waals surface area contributed by atoms with Crippen LogP contribution in [0.25, 0.3) is 0 Å². The van der Waals surface area contributed by atoms with E-state index in [1.165, 1.54) is 19.2 Å². The van der Waals surface area contributed by atoms with Crippen molar-refractivity contribution in [1.82, 2.24) is 4.98 Å². The topological polar surface area (TPSA) is 79.3 Å². The van der Waals surface area contributed by atoms with Gasteiger partial charge in [0.2, 0.25) is 0 Å². The van der Waals surface area contributed by atoms with Gasteiger partial charge >= 0.3 is 5.97 Å². The zero-order chi connectivity index (χ0) is 14.1. The van der Waals surface area contributed by atoms with Crippen LogP contribution in [0.15, 0.2) is 54.7 Å². The average Bonchev–Trinajstić information content (AvgIpc) is 2.41. The van der Waals surface area contributed by atoms with Crippen molar-refractivity contribution in [2.75, 3.05) is 0 Å². The molecular formula is C14H14NO4. The van der Waals surface area contributed by atoms with Crippen molar-refractivity contribution >= 4 is 5.97 Å². The summed E-state index contributed by atoms with van der Waals surface area (Å²) in [4.78, 5) is 13.8. The SMILES string of the molecule is CC(Oc1ccccc1)C(=O)O.[O]c1ccccn1. The van der Waals surface area contributed by atoms with Crippen molar-refractivity contribution in [3.05, 3.63) is 54.7 Å². The Morgan fingerprint density at radius 1 is 1.16 bits per heavy atom. The molecule has 0 aliphatic rings. The summed E-state index contributed by atoms with van der Waals surface area (Å²) < 4.78 is 5.08. The Kier molecular flexibility index (Phi) is 5.88. The highest BCUT2D eigenvalue weighted by Crippen LogP contribution is 2.10. The van der Waals surface area contributed by atoms with Crippen molar-refractivity contribution in [2.45, 2.75) is 13.0 Å². The molecule has 0 saturated carbocycles. The monoisotopic (exact) mass is 260 g/mol. The summed E-state index contributed by atoms with van der Waals surface area (Å²) in [5, 5.41) is 18.7. The third-order valence-corrected chi connectivity index (χ3v) is 2.04. The number of aromatic nitrogens is 1. The Hall–Kier alpha value is -2.56. The van der Waals surface area contributed by atoms with Gasteiger partial charge in [0, 0.05) is 12.3 Å². The van der Waals surface area contributed by atoms with Crippen LogP contribution in [-0.4, -0.2) is 22.2 Å². The highest BCUT2D eigenvalue weighted by molar-refractivity contribution is 5.72. The smallest absolute Gasteiger partial charge is 0.344 e. The van der Waals surface area contributed by atoms with Crippen LogP contribution >= 0.6 is 0 Å². The van der Waals surface area contributed by atoms with E-state index in [2.05, 4.69) is 4.98 Å². The van der Waals surface area contributed by atoms with Gasteiger partial charge in [-0.25, -0.2) is 9.78 Å². The quantitative estimate of drug-likeness (QED) is 0.920. The first-order valence-corrected chi connectivity index (χ1v) is 5.62. The normalized spacial score (nSPS) is 10.8. The Morgan fingerprint density at radius 3 is 2.21 bits per heavy atom. The number of carbonyl (C=O) groups is 1. The molecule has 2 aromatic rings. The Labute approximate surface area is 111 Å². The first-order chi connectivity index (χ1) is 9.09. The maximum Gasteiger partial charge on any atom is 0.344 e. The number of rotatable bonds is 3. The van der Waals surface area contributed by atoms with E-state index < -0.39 is 12.1 Å². The number of carboxylic acids is 1. The van der Waals surface area contributed by atoms with E-state index in [1.54, 1.807) is 36.4 Å². The van der Waals surface area contributed by atoms with Crippen molar-refractivity contribution in [2.24, 2.45) is 0 Å². The van der Waals surface area contributed by atoms with Gasteiger partial charge in [-0.1, -0.05) is 24.3 Å². The van der Waals surface area contributed by atoms with Crippen molar-refractivity contribution in [3.8, 4) is 11.6 Å². The molecule has 0 aliphatic carbocycles. The van der Waals surface area contributed by atoms with Gasteiger partial charge in [-0.3, -0.25) is 5.11 Å². The number of pyridine rings is 1. The van der Waals surface area contributed by atoms with Crippen LogP contribution in [0.2, 0.25) is 0 Å². The van der Waals surface area contributed by atoms with Crippen molar-refractivity contribution in [1.29, 1.82) is 0 Å². The van der Waals surface area contributed by atoms with Crippen LogP contribution in [-0.2, 0) is 9.90 Å². The lowest BCUT2D eigenvalue weighted by Crippen LogP contribution is -2.22. The second kappa shape index (κ2) is 7.71. The van der Waals surface area contributed by atoms with Gasteiger partial charge in [-0.05, 0) is 25.1 Å². The Morgan fingerprint density at radius 2 is 1.79 bits per heavy atom. The zero-order valence-electron chi connectivity index (χ0n) is 10.4. The number of nitrogens with zero attached hydrogens (tertiary/aromatic N) is 1. The second-order valence-corrected chi connectivity index (χ2v) is 3.58. The Bertz CT molecular complexity index is 487. The van der Waals surface area contributed by atoms with Gasteiger partial charge in [0.05, 0.1) is 0 Å². The first-order valence-electron chi connectivity index (χ1n) is 5.62. The second-order valence-electron chi connectivity index (χ2n) is 3.58. The van der Waals surface area contributed by atoms with Crippen LogP contribution in [0.3, 0.4) is 0 Å². The van der Waals surface area contributed by atoms with Gasteiger partial charge in [0.25, 0.3) is 5.88 Å². The number of hydrogen-bond acceptors (Lipinski definition) is 3. The molecule has 0 amide bonds. The van der Waals surface area contributed by atoms with Gasteiger partial charge in [0.15, 0.2) is 6.10 Å². The predicted octanol–water partition coefficient (Wildman–Crippen LogP) is 2.76. The fourth-order valence-electron chi connectivity index (χ4n) is 1.10. The largest absolute Gasteiger partial charge is 0.479 e. The molecule has 0 bridgehead atoms. The zero-order valence-corrected chi connectivity index (χ0v) is 10.4. The summed E-state index contributed by atoms with van der Waals surface area (Å²) in [7, 11) is 0. The first kappa shape index (κ1) is 14.5. The van der Waals surface area contributed by atoms with E-state index in [9.17, 15) is 9.90 Å². The highest BCUT2D eigenvalue weighted by Gasteiger charge is 2.11. The number of benzene rings is 1. The average molecular weight is 260 g/mol. The van der Waals surface area contributed by atoms with E-state index in [-0.39, 0.29) is 5.88 Å². The van der Waals surface area contributed by atoms with E-state index in [4.69, 9.17) is 9.84 Å². The fourth-order valence-corrected chi connectivity index (χ4v) is 1.10. The van der Waals surface area contributed by atoms with Gasteiger partial charge < -0.3 is 9.84 Å². The molecule has 1 atom stereocenters. The van der Waals surface area contributed by atoms with Crippen LogP contribution in [0.5, 0.6) is 11.6 Å². The van der Waals surface area contributed by atoms with Crippen molar-refractivity contribution in [3.63, 3.8) is 0 Å². The number of hydrogen-bond donors (Lipinski definition) is 1. The minimum absolute atomic E-state index is 0.178. The maximum atomic E-state index is 10.4. The van der Waals surface area contributed by atoms with Gasteiger partial charge in [0.1, 0.15) is 5.75 Å². The van der Waals surface area contributed by atoms with Crippen molar-refractivity contribution < 1.29 is 19.7 Å². The number of ether oxygens (including phenoxy) is 1. The summed E-state index contributed by atoms with van der Waals surface area (Å²) >= 11 is 0. The van der Waals surface area contributed by atoms with Crippen LogP contribution in [0.4, 0.5) is 0 Å². The molecular weight excluding hydrogens is 246 g/mol. The summed E-state index contributed by atoms with van der Waals surface area (Å²) in [6, 6.07) is 13.7. The molecule has 2 rings (SSSR count). The molecule has 1 aromatic heterocycles. The minimum Gasteiger partial charge on any atom is -0.479 e. The molecule has 0 spiro atoms. The maximum absolute atomic E-state index is 10.4. The standard InChI is InChI=1S/C9H10O3.C5H4NO/c1-7(9(10)11)12-8-5-3-2-4-6-8;7-5-3-1-2-4-6-5/h2-7H,1H3,(H,10,11);1-4H. The van der Waals surface area contributed by atoms with Crippen LogP contribution in [0.1, 0.15) is 6.92 Å². The molecule has 5 nitrogen and oxygen atoms in total. The fraction of sp³-hybridized carbons (Fsp3) is 0.143. The van der Waals surface area contributed by atoms with Gasteiger partial charge in [-0.2, -0.15) is 0 Å². The molecule has 99 valence electrons. The summed E-state index contributed by atoms with van der Waals surface area (Å²) in [6.45, 7) is 1.50. The summed E-state index contributed by atoms with van der Waals surface area (Å²) in [5.74, 6) is -0.561. The minimum atomic E-state index is -0.959. The van der Waals surface area contributed by atoms with E-state index in [0.29, 0.717) is 5.75 Å². The number of aliphatic carboxylic acids is 1. The molecule has 1 N–H and O–H groups in total. The lowest BCUT2D eigenvalue weighted by Gasteiger charge is -2.09. The molecule has 1 aromatic carbocycles. The molecule has 19 heavy (non-hydrogen) atoms. The van der Waals surface area contributed by atoms with Crippen LogP contribution in [0, 0.1) is 0 Å². The number of para-hydroxylation sites is 1. The van der Waals surface area contributed by atoms with E-state index in [0.717, 1.165) is 0 Å². The Balaban J connectivity index is 0.000000218. The molecule has 1 heterocycles. The van der Waals surface area contributed by atoms with E-state index in [1.807, 2.05) is 6.07 Å². The van der Waals surface area contributed by atoms with Crippen LogP contribution < -0.4 is 4.74 Å². The molecule has 0 saturated heterocycles. The lowest BCUT2D eigenvalue weighted by molar-refractivity contribution is -0.144. The summed E-state index contributed by atoms with van der Waals surface area (Å²) in [5.41, 5.74) is 0. The third-order valence-electron chi connectivity index (χ3n) is 2.04. The molecule has 5 heteroatoms. The molecule has 1 unspecified atom stereocenters. The highest BCUT2D eigenvalue weighted by atomic mass is 16.5. The molecule has 1 radical (unpaired) electrons. The lowest BCUT2D eigenvalue weighted by atomic mass is 10.3. The predicted molar refractivity (Wildman–Crippen MR) is 68.5 cm³/mol. The number of carboxylic acid groups (broad SMARTS) is 1. The molecule has 0 aliphatic heterocycles. The van der Waals surface area contributed by atoms with Gasteiger partial charge in [-0.15, -0.1) is 0 Å². The third kappa shape index (κ3) is 6.07. The van der Waals surface area contributed by atoms with E-state index >= 15 is 0 Å². The molecule has 0 fully saturated rings. The summed E-state index contributed by atoms with van der Waals surface area (Å²) in [6.07, 6.45) is 0.676.